The predicted molar refractivity (Wildman–Crippen MR) is 124 cm³/mol. The normalized spacial score (nSPS) is 16.8. The van der Waals surface area contributed by atoms with Crippen molar-refractivity contribution in [2.24, 2.45) is 0 Å². The summed E-state index contributed by atoms with van der Waals surface area (Å²) in [6.45, 7) is 9.35. The molecule has 2 N–H and O–H groups in total. The Balaban J connectivity index is 1.88. The molecule has 0 unspecified atom stereocenters. The number of nitrogen functional groups attached to an aromatic ring is 1. The van der Waals surface area contributed by atoms with Crippen LogP contribution in [0.4, 0.5) is 5.69 Å². The van der Waals surface area contributed by atoms with Gasteiger partial charge < -0.3 is 5.73 Å². The lowest BCUT2D eigenvalue weighted by Crippen LogP contribution is -2.24. The first-order valence-corrected chi connectivity index (χ1v) is 11.3. The highest BCUT2D eigenvalue weighted by molar-refractivity contribution is 5.90. The summed E-state index contributed by atoms with van der Waals surface area (Å²) in [5.74, 6) is 0. The summed E-state index contributed by atoms with van der Waals surface area (Å²) in [4.78, 5) is 0. The number of anilines is 1. The third-order valence-electron chi connectivity index (χ3n) is 8.19. The van der Waals surface area contributed by atoms with Crippen LogP contribution in [0.5, 0.6) is 0 Å². The molecule has 148 valence electrons. The van der Waals surface area contributed by atoms with Gasteiger partial charge in [0.25, 0.3) is 0 Å². The molecule has 2 aliphatic rings. The molecule has 5 rings (SSSR count). The molecule has 0 bridgehead atoms. The van der Waals surface area contributed by atoms with E-state index in [1.165, 1.54) is 44.5 Å². The largest absolute Gasteiger partial charge is 0.399 e. The lowest BCUT2D eigenvalue weighted by Gasteiger charge is -2.31. The van der Waals surface area contributed by atoms with E-state index in [4.69, 9.17) is 5.73 Å². The van der Waals surface area contributed by atoms with Crippen LogP contribution in [0, 0.1) is 0 Å². The van der Waals surface area contributed by atoms with Gasteiger partial charge in [0.1, 0.15) is 0 Å². The first-order chi connectivity index (χ1) is 14.1. The molecule has 1 heteroatoms. The molecule has 0 fully saturated rings. The maximum atomic E-state index is 6.24. The molecule has 0 spiro atoms. The summed E-state index contributed by atoms with van der Waals surface area (Å²) in [5.41, 5.74) is 19.0. The lowest BCUT2D eigenvalue weighted by atomic mass is 9.71. The van der Waals surface area contributed by atoms with E-state index in [1.807, 2.05) is 0 Å². The topological polar surface area (TPSA) is 26.0 Å². The van der Waals surface area contributed by atoms with Gasteiger partial charge in [-0.25, -0.2) is 0 Å². The zero-order valence-electron chi connectivity index (χ0n) is 18.1. The Morgan fingerprint density at radius 3 is 1.62 bits per heavy atom. The number of fused-ring (bicyclic) bond motifs is 6. The lowest BCUT2D eigenvalue weighted by molar-refractivity contribution is 0.485. The third kappa shape index (κ3) is 2.11. The van der Waals surface area contributed by atoms with Crippen LogP contribution >= 0.6 is 0 Å². The van der Waals surface area contributed by atoms with Crippen LogP contribution in [-0.2, 0) is 10.8 Å². The number of benzene rings is 3. The number of nitrogens with two attached hydrogens (primary N) is 1. The van der Waals surface area contributed by atoms with E-state index in [2.05, 4.69) is 82.3 Å². The number of hydrogen-bond donors (Lipinski definition) is 1. The summed E-state index contributed by atoms with van der Waals surface area (Å²) in [6.07, 6.45) is 4.46. The summed E-state index contributed by atoms with van der Waals surface area (Å²) in [7, 11) is 0. The summed E-state index contributed by atoms with van der Waals surface area (Å²) < 4.78 is 0. The fourth-order valence-corrected chi connectivity index (χ4v) is 6.48. The second kappa shape index (κ2) is 6.23. The van der Waals surface area contributed by atoms with Gasteiger partial charge in [-0.05, 0) is 94.5 Å². The van der Waals surface area contributed by atoms with Gasteiger partial charge in [-0.3, -0.25) is 0 Å². The van der Waals surface area contributed by atoms with Crippen molar-refractivity contribution in [2.75, 3.05) is 5.73 Å². The Morgan fingerprint density at radius 2 is 1.03 bits per heavy atom. The van der Waals surface area contributed by atoms with Gasteiger partial charge >= 0.3 is 0 Å². The number of hydrogen-bond acceptors (Lipinski definition) is 1. The van der Waals surface area contributed by atoms with Crippen LogP contribution in [0.2, 0.25) is 0 Å². The quantitative estimate of drug-likeness (QED) is 0.467. The van der Waals surface area contributed by atoms with Crippen LogP contribution < -0.4 is 5.73 Å². The Hall–Kier alpha value is -2.54. The van der Waals surface area contributed by atoms with Crippen LogP contribution in [0.25, 0.3) is 22.3 Å². The van der Waals surface area contributed by atoms with E-state index >= 15 is 0 Å². The zero-order chi connectivity index (χ0) is 20.4. The molecule has 0 amide bonds. The average Bonchev–Trinajstić information content (AvgIpc) is 3.19. The van der Waals surface area contributed by atoms with E-state index < -0.39 is 0 Å². The highest BCUT2D eigenvalue weighted by Crippen LogP contribution is 2.59. The van der Waals surface area contributed by atoms with Crippen molar-refractivity contribution in [1.82, 2.24) is 0 Å². The van der Waals surface area contributed by atoms with Gasteiger partial charge in [-0.15, -0.1) is 0 Å². The number of rotatable bonds is 4. The minimum atomic E-state index is 0.0632. The smallest absolute Gasteiger partial charge is 0.0317 e. The fraction of sp³-hybridized carbons (Fsp3) is 0.357. The second-order valence-electron chi connectivity index (χ2n) is 8.87. The van der Waals surface area contributed by atoms with Crippen molar-refractivity contribution in [2.45, 2.75) is 64.2 Å². The molecule has 0 heterocycles. The van der Waals surface area contributed by atoms with Gasteiger partial charge in [-0.1, -0.05) is 58.0 Å². The monoisotopic (exact) mass is 381 g/mol. The SMILES string of the molecule is CCC1(CC)c2ccccc2-c2cc3c(cc21)-c1ccc(N)cc1C3(CC)CC. The first kappa shape index (κ1) is 18.5. The van der Waals surface area contributed by atoms with Crippen molar-refractivity contribution in [3.63, 3.8) is 0 Å². The van der Waals surface area contributed by atoms with Crippen LogP contribution in [0.15, 0.2) is 54.6 Å². The Kier molecular flexibility index (Phi) is 3.97. The van der Waals surface area contributed by atoms with Crippen LogP contribution in [0.3, 0.4) is 0 Å². The van der Waals surface area contributed by atoms with Crippen molar-refractivity contribution in [3.8, 4) is 22.3 Å². The fourth-order valence-electron chi connectivity index (χ4n) is 6.48. The molecular formula is C28H31N. The molecule has 0 atom stereocenters. The molecule has 0 radical (unpaired) electrons. The molecule has 3 aromatic carbocycles. The highest BCUT2D eigenvalue weighted by atomic mass is 14.6. The Bertz CT molecular complexity index is 1110. The second-order valence-corrected chi connectivity index (χ2v) is 8.87. The Labute approximate surface area is 175 Å². The minimum Gasteiger partial charge on any atom is -0.399 e. The van der Waals surface area contributed by atoms with Crippen molar-refractivity contribution < 1.29 is 0 Å². The molecule has 29 heavy (non-hydrogen) atoms. The van der Waals surface area contributed by atoms with Gasteiger partial charge in [0.15, 0.2) is 0 Å². The minimum absolute atomic E-state index is 0.0632. The zero-order valence-corrected chi connectivity index (χ0v) is 18.1. The first-order valence-electron chi connectivity index (χ1n) is 11.3. The molecular weight excluding hydrogens is 350 g/mol. The summed E-state index contributed by atoms with van der Waals surface area (Å²) in [5, 5.41) is 0. The molecule has 2 aliphatic carbocycles. The van der Waals surface area contributed by atoms with Gasteiger partial charge in [-0.2, -0.15) is 0 Å². The third-order valence-corrected chi connectivity index (χ3v) is 8.19. The molecule has 0 saturated carbocycles. The van der Waals surface area contributed by atoms with Crippen LogP contribution in [-0.4, -0.2) is 0 Å². The molecule has 0 saturated heterocycles. The van der Waals surface area contributed by atoms with Gasteiger partial charge in [0.05, 0.1) is 0 Å². The summed E-state index contributed by atoms with van der Waals surface area (Å²) in [6, 6.07) is 20.7. The molecule has 3 aromatic rings. The van der Waals surface area contributed by atoms with Crippen molar-refractivity contribution in [3.05, 3.63) is 76.9 Å². The molecule has 0 aliphatic heterocycles. The molecule has 1 nitrogen and oxygen atoms in total. The highest BCUT2D eigenvalue weighted by Gasteiger charge is 2.45. The van der Waals surface area contributed by atoms with Gasteiger partial charge in [0.2, 0.25) is 0 Å². The van der Waals surface area contributed by atoms with E-state index in [0.717, 1.165) is 31.4 Å². The molecule has 0 aromatic heterocycles. The maximum Gasteiger partial charge on any atom is 0.0317 e. The Morgan fingerprint density at radius 1 is 0.552 bits per heavy atom. The van der Waals surface area contributed by atoms with Crippen molar-refractivity contribution >= 4 is 5.69 Å². The maximum absolute atomic E-state index is 6.24. The van der Waals surface area contributed by atoms with E-state index in [9.17, 15) is 0 Å². The van der Waals surface area contributed by atoms with E-state index in [-0.39, 0.29) is 10.8 Å². The van der Waals surface area contributed by atoms with E-state index in [0.29, 0.717) is 0 Å². The average molecular weight is 382 g/mol. The van der Waals surface area contributed by atoms with E-state index in [1.54, 1.807) is 0 Å². The van der Waals surface area contributed by atoms with Gasteiger partial charge in [0, 0.05) is 16.5 Å². The summed E-state index contributed by atoms with van der Waals surface area (Å²) >= 11 is 0. The predicted octanol–water partition coefficient (Wildman–Crippen LogP) is 7.44. The van der Waals surface area contributed by atoms with Crippen molar-refractivity contribution in [1.29, 1.82) is 0 Å². The van der Waals surface area contributed by atoms with Crippen LogP contribution in [0.1, 0.15) is 75.6 Å². The standard InChI is InChI=1S/C28H31N/c1-5-27(6-2)23-12-10-9-11-19(23)21-16-26-22(17-25(21)27)20-14-13-18(29)15-24(20)28(26,7-3)8-4/h9-17H,5-8,29H2,1-4H3.